The number of furan rings is 1. The number of sulfonamides is 4. The molecule has 0 spiro atoms. The second kappa shape index (κ2) is 17.8. The van der Waals surface area contributed by atoms with Crippen molar-refractivity contribution in [2.45, 2.75) is 26.0 Å². The van der Waals surface area contributed by atoms with E-state index >= 15 is 0 Å². The monoisotopic (exact) mass is 920 g/mol. The molecule has 0 saturated heterocycles. The summed E-state index contributed by atoms with van der Waals surface area (Å²) in [6.07, 6.45) is 0.345. The number of hydrogen-bond donors (Lipinski definition) is 4. The fourth-order valence-corrected chi connectivity index (χ4v) is 10.9. The molecule has 0 aliphatic carbocycles. The van der Waals surface area contributed by atoms with Crippen LogP contribution >= 0.6 is 11.6 Å². The van der Waals surface area contributed by atoms with E-state index in [2.05, 4.69) is 0 Å². The number of amides is 2. The molecular weight excluding hydrogens is 888 g/mol. The first kappa shape index (κ1) is 44.4. The van der Waals surface area contributed by atoms with Gasteiger partial charge in [-0.2, -0.15) is 0 Å². The van der Waals surface area contributed by atoms with E-state index in [1.165, 1.54) is 48.5 Å². The van der Waals surface area contributed by atoms with Gasteiger partial charge < -0.3 is 4.42 Å². The second-order valence-corrected chi connectivity index (χ2v) is 19.8. The molecule has 15 nitrogen and oxygen atoms in total. The molecule has 0 bridgehead atoms. The summed E-state index contributed by atoms with van der Waals surface area (Å²) in [5.74, 6) is -1.24. The molecule has 20 heteroatoms. The summed E-state index contributed by atoms with van der Waals surface area (Å²) in [6, 6.07) is 38.8. The van der Waals surface area contributed by atoms with Crippen LogP contribution in [0, 0.1) is 0 Å². The van der Waals surface area contributed by atoms with E-state index in [1.54, 1.807) is 18.2 Å². The van der Waals surface area contributed by atoms with Gasteiger partial charge in [-0.15, -0.1) is 0 Å². The molecule has 1 aromatic heterocycles. The third kappa shape index (κ3) is 10.8. The SMILES string of the molecule is NS(=O)(=O)c1ccccc1S(=O)(=O)NC(=O)c1ccc(Cl)cc1Cc1ccccc1.NS(=O)(=O)c1ccccc1S(=O)(=O)NC(=O)c1ccc2oc(-c3ccccc3)cc2c1. The molecule has 314 valence electrons. The van der Waals surface area contributed by atoms with Crippen LogP contribution in [0.4, 0.5) is 0 Å². The standard InChI is InChI=1S/C21H16N2O6S2.C20H17ClN2O5S2/c22-30(25,26)19-8-4-5-9-20(19)31(27,28)23-21(24)15-10-11-17-16(12-15)13-18(29-17)14-6-2-1-3-7-14;21-16-10-11-17(15(13-16)12-14-6-2-1-3-7-14)20(24)23-30(27,28)19-9-5-4-8-18(19)29(22,25)26/h1-13H,(H,23,24)(H2,22,25,26);1-11,13H,12H2,(H,23,24)(H2,22,25,26). The number of fused-ring (bicyclic) bond motifs is 1. The second-order valence-electron chi connectivity index (χ2n) is 13.0. The zero-order valence-corrected chi connectivity index (χ0v) is 35.3. The normalized spacial score (nSPS) is 11.9. The molecule has 0 fully saturated rings. The maximum atomic E-state index is 12.8. The van der Waals surface area contributed by atoms with Gasteiger partial charge in [0.25, 0.3) is 31.9 Å². The molecule has 61 heavy (non-hydrogen) atoms. The Morgan fingerprint density at radius 1 is 0.541 bits per heavy atom. The van der Waals surface area contributed by atoms with Crippen LogP contribution in [0.2, 0.25) is 5.02 Å². The molecule has 1 heterocycles. The first-order valence-corrected chi connectivity index (χ1v) is 24.0. The fourth-order valence-electron chi connectivity index (χ4n) is 5.96. The molecule has 2 amide bonds. The molecule has 0 radical (unpaired) electrons. The lowest BCUT2D eigenvalue weighted by Crippen LogP contribution is -2.32. The molecule has 6 aromatic carbocycles. The summed E-state index contributed by atoms with van der Waals surface area (Å²) in [7, 11) is -17.6. The Balaban J connectivity index is 0.000000204. The van der Waals surface area contributed by atoms with Gasteiger partial charge in [0, 0.05) is 27.1 Å². The van der Waals surface area contributed by atoms with Gasteiger partial charge in [-0.3, -0.25) is 9.59 Å². The Morgan fingerprint density at radius 2 is 1.03 bits per heavy atom. The molecular formula is C41H33ClN4O11S4. The summed E-state index contributed by atoms with van der Waals surface area (Å²) in [6.45, 7) is 0. The number of halogens is 1. The maximum absolute atomic E-state index is 12.8. The Labute approximate surface area is 356 Å². The van der Waals surface area contributed by atoms with Gasteiger partial charge in [-0.05, 0) is 84.3 Å². The van der Waals surface area contributed by atoms with Gasteiger partial charge in [0.1, 0.15) is 30.9 Å². The van der Waals surface area contributed by atoms with Crippen molar-refractivity contribution in [3.8, 4) is 11.3 Å². The van der Waals surface area contributed by atoms with Crippen LogP contribution in [0.5, 0.6) is 0 Å². The first-order valence-electron chi connectivity index (χ1n) is 17.5. The van der Waals surface area contributed by atoms with Gasteiger partial charge in [0.05, 0.1) is 0 Å². The van der Waals surface area contributed by atoms with Gasteiger partial charge >= 0.3 is 0 Å². The highest BCUT2D eigenvalue weighted by Gasteiger charge is 2.28. The van der Waals surface area contributed by atoms with Crippen molar-refractivity contribution >= 4 is 74.5 Å². The van der Waals surface area contributed by atoms with Gasteiger partial charge in [-0.1, -0.05) is 96.5 Å². The van der Waals surface area contributed by atoms with E-state index in [0.717, 1.165) is 35.4 Å². The van der Waals surface area contributed by atoms with E-state index in [-0.39, 0.29) is 11.1 Å². The number of primary sulfonamides is 2. The van der Waals surface area contributed by atoms with Crippen LogP contribution in [0.15, 0.2) is 176 Å². The highest BCUT2D eigenvalue weighted by molar-refractivity contribution is 7.93. The number of rotatable bonds is 11. The summed E-state index contributed by atoms with van der Waals surface area (Å²) in [5.41, 5.74) is 2.95. The first-order chi connectivity index (χ1) is 28.7. The Bertz CT molecular complexity index is 3260. The predicted molar refractivity (Wildman–Crippen MR) is 227 cm³/mol. The summed E-state index contributed by atoms with van der Waals surface area (Å²) >= 11 is 6.06. The molecule has 7 rings (SSSR count). The fraction of sp³-hybridized carbons (Fsp3) is 0.0244. The Morgan fingerprint density at radius 3 is 1.57 bits per heavy atom. The molecule has 0 aliphatic heterocycles. The minimum atomic E-state index is -4.51. The van der Waals surface area contributed by atoms with E-state index in [4.69, 9.17) is 26.3 Å². The average Bonchev–Trinajstić information content (AvgIpc) is 3.65. The molecule has 0 saturated carbocycles. The zero-order chi connectivity index (χ0) is 44.2. The third-order valence-electron chi connectivity index (χ3n) is 8.73. The van der Waals surface area contributed by atoms with Crippen molar-refractivity contribution in [2.24, 2.45) is 10.3 Å². The van der Waals surface area contributed by atoms with Crippen LogP contribution in [0.25, 0.3) is 22.3 Å². The topological polar surface area (TPSA) is 260 Å². The van der Waals surface area contributed by atoms with Crippen LogP contribution in [-0.4, -0.2) is 45.5 Å². The summed E-state index contributed by atoms with van der Waals surface area (Å²) in [4.78, 5) is 23.0. The van der Waals surface area contributed by atoms with E-state index in [9.17, 15) is 43.3 Å². The van der Waals surface area contributed by atoms with Crippen LogP contribution in [0.1, 0.15) is 31.8 Å². The average molecular weight is 921 g/mol. The quantitative estimate of drug-likeness (QED) is 0.125. The summed E-state index contributed by atoms with van der Waals surface area (Å²) < 4.78 is 107. The Kier molecular flexibility index (Phi) is 12.9. The molecule has 0 atom stereocenters. The highest BCUT2D eigenvalue weighted by atomic mass is 35.5. The Hall–Kier alpha value is -6.19. The number of carbonyl (C=O) groups excluding carboxylic acids is 2. The minimum absolute atomic E-state index is 0.0598. The van der Waals surface area contributed by atoms with E-state index in [0.29, 0.717) is 33.7 Å². The lowest BCUT2D eigenvalue weighted by atomic mass is 9.99. The minimum Gasteiger partial charge on any atom is -0.456 e. The lowest BCUT2D eigenvalue weighted by molar-refractivity contribution is 0.0972. The lowest BCUT2D eigenvalue weighted by Gasteiger charge is -2.13. The number of nitrogens with one attached hydrogen (secondary N) is 2. The van der Waals surface area contributed by atoms with Crippen LogP contribution < -0.4 is 19.7 Å². The number of benzene rings is 6. The number of nitrogens with two attached hydrogens (primary N) is 2. The molecule has 0 unspecified atom stereocenters. The van der Waals surface area contributed by atoms with Crippen LogP contribution in [-0.2, 0) is 46.5 Å². The van der Waals surface area contributed by atoms with Gasteiger partial charge in [-0.25, -0.2) is 53.4 Å². The van der Waals surface area contributed by atoms with E-state index in [1.807, 2.05) is 70.1 Å². The van der Waals surface area contributed by atoms with Crippen molar-refractivity contribution in [3.63, 3.8) is 0 Å². The van der Waals surface area contributed by atoms with Gasteiger partial charge in [0.2, 0.25) is 20.0 Å². The van der Waals surface area contributed by atoms with Gasteiger partial charge in [0.15, 0.2) is 0 Å². The van der Waals surface area contributed by atoms with Crippen molar-refractivity contribution in [3.05, 3.63) is 179 Å². The van der Waals surface area contributed by atoms with Crippen molar-refractivity contribution in [1.29, 1.82) is 0 Å². The molecule has 7 aromatic rings. The molecule has 0 aliphatic rings. The van der Waals surface area contributed by atoms with Crippen LogP contribution in [0.3, 0.4) is 0 Å². The highest BCUT2D eigenvalue weighted by Crippen LogP contribution is 2.29. The van der Waals surface area contributed by atoms with Crippen molar-refractivity contribution in [2.75, 3.05) is 0 Å². The summed E-state index contributed by atoms with van der Waals surface area (Å²) in [5, 5.41) is 11.2. The number of carbonyl (C=O) groups is 2. The van der Waals surface area contributed by atoms with Crippen molar-refractivity contribution < 1.29 is 47.7 Å². The third-order valence-corrected chi connectivity index (χ3v) is 13.9. The predicted octanol–water partition coefficient (Wildman–Crippen LogP) is 5.56. The smallest absolute Gasteiger partial charge is 0.265 e. The number of hydrogen-bond acceptors (Lipinski definition) is 11. The van der Waals surface area contributed by atoms with E-state index < -0.39 is 71.5 Å². The zero-order valence-electron chi connectivity index (χ0n) is 31.3. The maximum Gasteiger partial charge on any atom is 0.265 e. The molecule has 6 N–H and O–H groups in total. The largest absolute Gasteiger partial charge is 0.456 e. The van der Waals surface area contributed by atoms with Crippen molar-refractivity contribution in [1.82, 2.24) is 9.44 Å².